The van der Waals surface area contributed by atoms with Gasteiger partial charge in [-0.2, -0.15) is 4.31 Å². The maximum atomic E-state index is 13.0. The number of hydrogen-bond donors (Lipinski definition) is 1. The molecule has 1 aromatic carbocycles. The zero-order valence-corrected chi connectivity index (χ0v) is 15.1. The summed E-state index contributed by atoms with van der Waals surface area (Å²) < 4.78 is 43.1. The summed E-state index contributed by atoms with van der Waals surface area (Å²) >= 11 is 0. The number of morpholine rings is 1. The molecule has 0 radical (unpaired) electrons. The first-order valence-electron chi connectivity index (χ1n) is 8.11. The largest absolute Gasteiger partial charge is 0.379 e. The van der Waals surface area contributed by atoms with Crippen molar-refractivity contribution in [3.63, 3.8) is 0 Å². The Bertz CT molecular complexity index is 660. The van der Waals surface area contributed by atoms with Crippen molar-refractivity contribution in [1.29, 1.82) is 0 Å². The van der Waals surface area contributed by atoms with Crippen LogP contribution < -0.4 is 5.32 Å². The number of sulfonamides is 1. The highest BCUT2D eigenvalue weighted by molar-refractivity contribution is 7.88. The van der Waals surface area contributed by atoms with Gasteiger partial charge in [0.05, 0.1) is 26.0 Å². The lowest BCUT2D eigenvalue weighted by Gasteiger charge is -2.26. The average molecular weight is 373 g/mol. The van der Waals surface area contributed by atoms with E-state index in [9.17, 15) is 17.6 Å². The Morgan fingerprint density at radius 1 is 1.28 bits per heavy atom. The molecule has 1 aliphatic heterocycles. The van der Waals surface area contributed by atoms with E-state index < -0.39 is 15.8 Å². The summed E-state index contributed by atoms with van der Waals surface area (Å²) in [6.45, 7) is 3.95. The highest BCUT2D eigenvalue weighted by Gasteiger charge is 2.20. The summed E-state index contributed by atoms with van der Waals surface area (Å²) in [4.78, 5) is 14.2. The lowest BCUT2D eigenvalue weighted by Crippen LogP contribution is -2.44. The van der Waals surface area contributed by atoms with Gasteiger partial charge in [0.2, 0.25) is 15.9 Å². The Morgan fingerprint density at radius 3 is 2.52 bits per heavy atom. The van der Waals surface area contributed by atoms with Crippen LogP contribution >= 0.6 is 0 Å². The molecule has 25 heavy (non-hydrogen) atoms. The van der Waals surface area contributed by atoms with Crippen molar-refractivity contribution in [1.82, 2.24) is 14.5 Å². The van der Waals surface area contributed by atoms with Gasteiger partial charge in [-0.25, -0.2) is 12.8 Å². The first-order valence-corrected chi connectivity index (χ1v) is 9.96. The molecule has 0 bridgehead atoms. The van der Waals surface area contributed by atoms with E-state index in [0.717, 1.165) is 23.7 Å². The van der Waals surface area contributed by atoms with Crippen LogP contribution in [-0.2, 0) is 26.1 Å². The van der Waals surface area contributed by atoms with Crippen molar-refractivity contribution in [2.75, 3.05) is 52.2 Å². The standard InChI is InChI=1S/C16H24FN3O4S/c1-25(22,23)20(12-14-2-4-15(17)5-3-14)13-16(21)18-6-7-19-8-10-24-11-9-19/h2-5H,6-13H2,1H3,(H,18,21). The summed E-state index contributed by atoms with van der Waals surface area (Å²) in [5, 5.41) is 2.74. The van der Waals surface area contributed by atoms with Crippen LogP contribution in [0.5, 0.6) is 0 Å². The minimum Gasteiger partial charge on any atom is -0.379 e. The fourth-order valence-electron chi connectivity index (χ4n) is 2.48. The number of rotatable bonds is 8. The van der Waals surface area contributed by atoms with E-state index in [4.69, 9.17) is 4.74 Å². The Hall–Kier alpha value is -1.55. The third-order valence-electron chi connectivity index (χ3n) is 3.92. The highest BCUT2D eigenvalue weighted by atomic mass is 32.2. The van der Waals surface area contributed by atoms with Crippen molar-refractivity contribution < 1.29 is 22.3 Å². The summed E-state index contributed by atoms with van der Waals surface area (Å²) in [6, 6.07) is 5.53. The van der Waals surface area contributed by atoms with Crippen LogP contribution in [0, 0.1) is 5.82 Å². The number of carbonyl (C=O) groups excluding carboxylic acids is 1. The number of benzene rings is 1. The lowest BCUT2D eigenvalue weighted by atomic mass is 10.2. The predicted octanol–water partition coefficient (Wildman–Crippen LogP) is 0.0357. The molecule has 0 atom stereocenters. The summed E-state index contributed by atoms with van der Waals surface area (Å²) in [5.41, 5.74) is 0.618. The molecule has 0 aromatic heterocycles. The van der Waals surface area contributed by atoms with E-state index in [-0.39, 0.29) is 19.0 Å². The van der Waals surface area contributed by atoms with E-state index >= 15 is 0 Å². The van der Waals surface area contributed by atoms with Crippen molar-refractivity contribution in [2.45, 2.75) is 6.54 Å². The quantitative estimate of drug-likeness (QED) is 0.696. The normalized spacial score (nSPS) is 16.1. The summed E-state index contributed by atoms with van der Waals surface area (Å²) in [5.74, 6) is -0.753. The van der Waals surface area contributed by atoms with E-state index in [1.54, 1.807) is 0 Å². The third-order valence-corrected chi connectivity index (χ3v) is 5.11. The first kappa shape index (κ1) is 19.8. The predicted molar refractivity (Wildman–Crippen MR) is 91.9 cm³/mol. The van der Waals surface area contributed by atoms with Crippen LogP contribution in [0.2, 0.25) is 0 Å². The van der Waals surface area contributed by atoms with Crippen LogP contribution in [-0.4, -0.2) is 75.7 Å². The highest BCUT2D eigenvalue weighted by Crippen LogP contribution is 2.09. The molecule has 1 saturated heterocycles. The van der Waals surface area contributed by atoms with Crippen molar-refractivity contribution >= 4 is 15.9 Å². The summed E-state index contributed by atoms with van der Waals surface area (Å²) in [6.07, 6.45) is 1.05. The molecule has 1 heterocycles. The topological polar surface area (TPSA) is 79.0 Å². The monoisotopic (exact) mass is 373 g/mol. The molecule has 1 aromatic rings. The maximum absolute atomic E-state index is 13.0. The van der Waals surface area contributed by atoms with E-state index in [2.05, 4.69) is 10.2 Å². The third kappa shape index (κ3) is 7.07. The number of carbonyl (C=O) groups is 1. The van der Waals surface area contributed by atoms with Crippen LogP contribution in [0.3, 0.4) is 0 Å². The molecule has 140 valence electrons. The van der Waals surface area contributed by atoms with Gasteiger partial charge in [0.15, 0.2) is 0 Å². The zero-order chi connectivity index (χ0) is 18.3. The van der Waals surface area contributed by atoms with Crippen LogP contribution in [0.1, 0.15) is 5.56 Å². The number of halogens is 1. The molecule has 0 saturated carbocycles. The van der Waals surface area contributed by atoms with Gasteiger partial charge in [0, 0.05) is 32.7 Å². The molecule has 1 aliphatic rings. The van der Waals surface area contributed by atoms with Crippen LogP contribution in [0.15, 0.2) is 24.3 Å². The first-order chi connectivity index (χ1) is 11.8. The average Bonchev–Trinajstić information content (AvgIpc) is 2.56. The Morgan fingerprint density at radius 2 is 1.92 bits per heavy atom. The SMILES string of the molecule is CS(=O)(=O)N(CC(=O)NCCN1CCOCC1)Cc1ccc(F)cc1. The molecule has 7 nitrogen and oxygen atoms in total. The number of amides is 1. The zero-order valence-electron chi connectivity index (χ0n) is 14.3. The minimum atomic E-state index is -3.56. The molecule has 1 amide bonds. The molecule has 0 spiro atoms. The molecule has 1 N–H and O–H groups in total. The van der Waals surface area contributed by atoms with Gasteiger partial charge in [-0.1, -0.05) is 12.1 Å². The van der Waals surface area contributed by atoms with Crippen molar-refractivity contribution in [3.8, 4) is 0 Å². The Labute approximate surface area is 147 Å². The Kier molecular flexibility index (Phi) is 7.30. The van der Waals surface area contributed by atoms with Gasteiger partial charge in [0.1, 0.15) is 5.82 Å². The van der Waals surface area contributed by atoms with Gasteiger partial charge in [-0.05, 0) is 17.7 Å². The lowest BCUT2D eigenvalue weighted by molar-refractivity contribution is -0.121. The molecular formula is C16H24FN3O4S. The van der Waals surface area contributed by atoms with Crippen LogP contribution in [0.4, 0.5) is 4.39 Å². The molecule has 9 heteroatoms. The molecule has 1 fully saturated rings. The second kappa shape index (κ2) is 9.23. The fourth-order valence-corrected chi connectivity index (χ4v) is 3.21. The maximum Gasteiger partial charge on any atom is 0.235 e. The van der Waals surface area contributed by atoms with Gasteiger partial charge in [-0.15, -0.1) is 0 Å². The van der Waals surface area contributed by atoms with Gasteiger partial charge >= 0.3 is 0 Å². The minimum absolute atomic E-state index is 0.0238. The number of hydrogen-bond acceptors (Lipinski definition) is 5. The summed E-state index contributed by atoms with van der Waals surface area (Å²) in [7, 11) is -3.56. The second-order valence-corrected chi connectivity index (χ2v) is 7.94. The van der Waals surface area contributed by atoms with Gasteiger partial charge < -0.3 is 10.1 Å². The van der Waals surface area contributed by atoms with Crippen molar-refractivity contribution in [3.05, 3.63) is 35.6 Å². The molecule has 0 unspecified atom stereocenters. The van der Waals surface area contributed by atoms with Crippen LogP contribution in [0.25, 0.3) is 0 Å². The van der Waals surface area contributed by atoms with Gasteiger partial charge in [0.25, 0.3) is 0 Å². The van der Waals surface area contributed by atoms with E-state index in [0.29, 0.717) is 31.9 Å². The number of nitrogens with one attached hydrogen (secondary N) is 1. The number of ether oxygens (including phenoxy) is 1. The van der Waals surface area contributed by atoms with Gasteiger partial charge in [-0.3, -0.25) is 9.69 Å². The number of nitrogens with zero attached hydrogens (tertiary/aromatic N) is 2. The molecular weight excluding hydrogens is 349 g/mol. The molecule has 2 rings (SSSR count). The fraction of sp³-hybridized carbons (Fsp3) is 0.562. The smallest absolute Gasteiger partial charge is 0.235 e. The Balaban J connectivity index is 1.83. The van der Waals surface area contributed by atoms with E-state index in [1.165, 1.54) is 24.3 Å². The molecule has 0 aliphatic carbocycles. The second-order valence-electron chi connectivity index (χ2n) is 5.96. The van der Waals surface area contributed by atoms with Crippen molar-refractivity contribution in [2.24, 2.45) is 0 Å². The van der Waals surface area contributed by atoms with E-state index in [1.807, 2.05) is 0 Å².